The van der Waals surface area contributed by atoms with E-state index >= 15 is 0 Å². The van der Waals surface area contributed by atoms with Crippen molar-refractivity contribution < 1.29 is 14.2 Å². The Labute approximate surface area is 118 Å². The van der Waals surface area contributed by atoms with E-state index in [2.05, 4.69) is 4.98 Å². The fraction of sp³-hybridized carbons (Fsp3) is 0.267. The quantitative estimate of drug-likeness (QED) is 0.928. The highest BCUT2D eigenvalue weighted by Gasteiger charge is 2.19. The molecule has 5 heteroatoms. The highest BCUT2D eigenvalue weighted by molar-refractivity contribution is 5.82. The molecule has 0 saturated heterocycles. The zero-order valence-electron chi connectivity index (χ0n) is 12.1. The summed E-state index contributed by atoms with van der Waals surface area (Å²) in [6.45, 7) is 1.94. The average Bonchev–Trinajstić information content (AvgIpc) is 2.48. The minimum atomic E-state index is 0.523. The van der Waals surface area contributed by atoms with Crippen molar-refractivity contribution >= 4 is 5.69 Å². The van der Waals surface area contributed by atoms with E-state index in [-0.39, 0.29) is 0 Å². The molecular formula is C15H18N2O3. The van der Waals surface area contributed by atoms with Gasteiger partial charge in [-0.15, -0.1) is 0 Å². The number of ether oxygens (including phenoxy) is 3. The van der Waals surface area contributed by atoms with Crippen LogP contribution in [0.15, 0.2) is 24.4 Å². The Hall–Kier alpha value is -2.43. The van der Waals surface area contributed by atoms with Gasteiger partial charge in [-0.25, -0.2) is 0 Å². The first-order chi connectivity index (χ1) is 9.63. The van der Waals surface area contributed by atoms with Crippen LogP contribution >= 0.6 is 0 Å². The summed E-state index contributed by atoms with van der Waals surface area (Å²) in [6, 6.07) is 5.53. The minimum Gasteiger partial charge on any atom is -0.493 e. The number of nitrogens with two attached hydrogens (primary N) is 1. The first-order valence-corrected chi connectivity index (χ1v) is 6.14. The van der Waals surface area contributed by atoms with E-state index in [1.807, 2.05) is 19.1 Å². The predicted octanol–water partition coefficient (Wildman–Crippen LogP) is 2.67. The standard InChI is InChI=1S/C15H18N2O3/c1-9-7-8-17-13(12(9)16)10-5-6-11(18-2)15(20-4)14(10)19-3/h5-8H,16H2,1-4H3. The Morgan fingerprint density at radius 2 is 1.65 bits per heavy atom. The second-order valence-corrected chi connectivity index (χ2v) is 4.27. The van der Waals surface area contributed by atoms with E-state index in [1.165, 1.54) is 0 Å². The van der Waals surface area contributed by atoms with Gasteiger partial charge in [0.1, 0.15) is 0 Å². The highest BCUT2D eigenvalue weighted by atomic mass is 16.5. The lowest BCUT2D eigenvalue weighted by Crippen LogP contribution is -2.00. The van der Waals surface area contributed by atoms with Gasteiger partial charge in [0.05, 0.1) is 32.7 Å². The number of hydrogen-bond acceptors (Lipinski definition) is 5. The topological polar surface area (TPSA) is 66.6 Å². The molecule has 0 fully saturated rings. The highest BCUT2D eigenvalue weighted by Crippen LogP contribution is 2.45. The number of rotatable bonds is 4. The molecule has 1 heterocycles. The van der Waals surface area contributed by atoms with Gasteiger partial charge in [0.25, 0.3) is 0 Å². The molecule has 0 atom stereocenters. The summed E-state index contributed by atoms with van der Waals surface area (Å²) in [4.78, 5) is 4.35. The molecule has 20 heavy (non-hydrogen) atoms. The van der Waals surface area contributed by atoms with Gasteiger partial charge in [-0.3, -0.25) is 4.98 Å². The van der Waals surface area contributed by atoms with Gasteiger partial charge in [-0.2, -0.15) is 0 Å². The van der Waals surface area contributed by atoms with Gasteiger partial charge < -0.3 is 19.9 Å². The van der Waals surface area contributed by atoms with Gasteiger partial charge in [0.2, 0.25) is 5.75 Å². The Morgan fingerprint density at radius 1 is 0.950 bits per heavy atom. The van der Waals surface area contributed by atoms with Crippen LogP contribution in [-0.4, -0.2) is 26.3 Å². The number of aryl methyl sites for hydroxylation is 1. The average molecular weight is 274 g/mol. The molecule has 0 aliphatic heterocycles. The first-order valence-electron chi connectivity index (χ1n) is 6.14. The molecule has 106 valence electrons. The summed E-state index contributed by atoms with van der Waals surface area (Å²) in [5.74, 6) is 1.67. The Kier molecular flexibility index (Phi) is 3.98. The zero-order chi connectivity index (χ0) is 14.7. The zero-order valence-corrected chi connectivity index (χ0v) is 12.1. The molecule has 0 bridgehead atoms. The number of methoxy groups -OCH3 is 3. The second-order valence-electron chi connectivity index (χ2n) is 4.27. The van der Waals surface area contributed by atoms with Gasteiger partial charge in [0, 0.05) is 11.8 Å². The number of nitrogen functional groups attached to an aromatic ring is 1. The van der Waals surface area contributed by atoms with Crippen LogP contribution in [0.3, 0.4) is 0 Å². The van der Waals surface area contributed by atoms with Crippen molar-refractivity contribution in [3.63, 3.8) is 0 Å². The molecule has 1 aromatic carbocycles. The van der Waals surface area contributed by atoms with Crippen LogP contribution in [0.4, 0.5) is 5.69 Å². The van der Waals surface area contributed by atoms with Crippen molar-refractivity contribution in [2.24, 2.45) is 0 Å². The van der Waals surface area contributed by atoms with Gasteiger partial charge in [-0.05, 0) is 30.7 Å². The van der Waals surface area contributed by atoms with E-state index < -0.39 is 0 Å². The van der Waals surface area contributed by atoms with Crippen LogP contribution in [-0.2, 0) is 0 Å². The van der Waals surface area contributed by atoms with Crippen molar-refractivity contribution in [3.8, 4) is 28.5 Å². The van der Waals surface area contributed by atoms with Crippen molar-refractivity contribution in [2.75, 3.05) is 27.1 Å². The lowest BCUT2D eigenvalue weighted by Gasteiger charge is -2.16. The van der Waals surface area contributed by atoms with E-state index in [9.17, 15) is 0 Å². The third kappa shape index (κ3) is 2.22. The van der Waals surface area contributed by atoms with Crippen LogP contribution < -0.4 is 19.9 Å². The van der Waals surface area contributed by atoms with Crippen molar-refractivity contribution in [1.29, 1.82) is 0 Å². The van der Waals surface area contributed by atoms with Crippen LogP contribution in [0.5, 0.6) is 17.2 Å². The molecule has 2 rings (SSSR count). The van der Waals surface area contributed by atoms with Crippen molar-refractivity contribution in [2.45, 2.75) is 6.92 Å². The monoisotopic (exact) mass is 274 g/mol. The number of benzene rings is 1. The van der Waals surface area contributed by atoms with E-state index in [0.29, 0.717) is 28.6 Å². The van der Waals surface area contributed by atoms with E-state index in [0.717, 1.165) is 11.1 Å². The maximum Gasteiger partial charge on any atom is 0.203 e. The molecule has 2 aromatic rings. The second kappa shape index (κ2) is 5.69. The molecule has 5 nitrogen and oxygen atoms in total. The Bertz CT molecular complexity index is 627. The summed E-state index contributed by atoms with van der Waals surface area (Å²) in [6.07, 6.45) is 1.72. The molecule has 1 aromatic heterocycles. The number of aromatic nitrogens is 1. The smallest absolute Gasteiger partial charge is 0.203 e. The van der Waals surface area contributed by atoms with Crippen molar-refractivity contribution in [3.05, 3.63) is 30.0 Å². The number of hydrogen-bond donors (Lipinski definition) is 1. The lowest BCUT2D eigenvalue weighted by atomic mass is 10.0. The largest absolute Gasteiger partial charge is 0.493 e. The lowest BCUT2D eigenvalue weighted by molar-refractivity contribution is 0.325. The van der Waals surface area contributed by atoms with E-state index in [1.54, 1.807) is 33.6 Å². The third-order valence-electron chi connectivity index (χ3n) is 3.17. The van der Waals surface area contributed by atoms with E-state index in [4.69, 9.17) is 19.9 Å². The third-order valence-corrected chi connectivity index (χ3v) is 3.17. The van der Waals surface area contributed by atoms with Gasteiger partial charge >= 0.3 is 0 Å². The summed E-state index contributed by atoms with van der Waals surface area (Å²) >= 11 is 0. The predicted molar refractivity (Wildman–Crippen MR) is 78.5 cm³/mol. The SMILES string of the molecule is COc1ccc(-c2nccc(C)c2N)c(OC)c1OC. The molecule has 2 N–H and O–H groups in total. The van der Waals surface area contributed by atoms with Crippen LogP contribution in [0.25, 0.3) is 11.3 Å². The Balaban J connectivity index is 2.71. The summed E-state index contributed by atoms with van der Waals surface area (Å²) < 4.78 is 16.1. The summed E-state index contributed by atoms with van der Waals surface area (Å²) in [7, 11) is 4.72. The maximum absolute atomic E-state index is 6.11. The number of pyridine rings is 1. The number of anilines is 1. The molecule has 0 spiro atoms. The van der Waals surface area contributed by atoms with Gasteiger partial charge in [0.15, 0.2) is 11.5 Å². The Morgan fingerprint density at radius 3 is 2.25 bits per heavy atom. The molecule has 0 aliphatic rings. The molecule has 0 saturated carbocycles. The first kappa shape index (κ1) is 14.0. The minimum absolute atomic E-state index is 0.523. The van der Waals surface area contributed by atoms with Crippen molar-refractivity contribution in [1.82, 2.24) is 4.98 Å². The maximum atomic E-state index is 6.11. The van der Waals surface area contributed by atoms with Crippen LogP contribution in [0, 0.1) is 6.92 Å². The molecular weight excluding hydrogens is 256 g/mol. The van der Waals surface area contributed by atoms with Gasteiger partial charge in [-0.1, -0.05) is 0 Å². The molecule has 0 radical (unpaired) electrons. The normalized spacial score (nSPS) is 10.2. The molecule has 0 amide bonds. The summed E-state index contributed by atoms with van der Waals surface area (Å²) in [5.41, 5.74) is 9.14. The fourth-order valence-electron chi connectivity index (χ4n) is 2.07. The summed E-state index contributed by atoms with van der Waals surface area (Å²) in [5, 5.41) is 0. The molecule has 0 aliphatic carbocycles. The van der Waals surface area contributed by atoms with Crippen LogP contribution in [0.2, 0.25) is 0 Å². The molecule has 0 unspecified atom stereocenters. The number of nitrogens with zero attached hydrogens (tertiary/aromatic N) is 1. The van der Waals surface area contributed by atoms with Crippen LogP contribution in [0.1, 0.15) is 5.56 Å². The fourth-order valence-corrected chi connectivity index (χ4v) is 2.07.